The highest BCUT2D eigenvalue weighted by Gasteiger charge is 2.28. The minimum Gasteiger partial charge on any atom is -0.360 e. The van der Waals surface area contributed by atoms with Crippen LogP contribution in [0.3, 0.4) is 0 Å². The summed E-state index contributed by atoms with van der Waals surface area (Å²) in [6, 6.07) is 3.55. The molecule has 19 heavy (non-hydrogen) atoms. The van der Waals surface area contributed by atoms with Crippen molar-refractivity contribution in [3.8, 4) is 0 Å². The number of rotatable bonds is 5. The third kappa shape index (κ3) is 2.67. The van der Waals surface area contributed by atoms with E-state index >= 15 is 0 Å². The number of H-pyrrole nitrogens is 1. The lowest BCUT2D eigenvalue weighted by Gasteiger charge is -1.95. The van der Waals surface area contributed by atoms with Gasteiger partial charge in [-0.1, -0.05) is 18.5 Å². The fourth-order valence-electron chi connectivity index (χ4n) is 1.96. The lowest BCUT2D eigenvalue weighted by Crippen LogP contribution is -2.12. The Kier molecular flexibility index (Phi) is 3.06. The standard InChI is InChI=1S/C13H16N4O2/c1-2-3-9-6-12(16-15-9)14-13(18)10-7-11(19-17-10)8-4-5-8/h6-8H,2-5H2,1H3,(H2,14,15,16,18). The van der Waals surface area contributed by atoms with Crippen molar-refractivity contribution in [1.29, 1.82) is 0 Å². The average Bonchev–Trinajstić information content (AvgIpc) is 2.96. The molecule has 2 heterocycles. The Labute approximate surface area is 110 Å². The Bertz CT molecular complexity index is 583. The zero-order valence-corrected chi connectivity index (χ0v) is 10.8. The van der Waals surface area contributed by atoms with Gasteiger partial charge in [0.05, 0.1) is 0 Å². The summed E-state index contributed by atoms with van der Waals surface area (Å²) in [7, 11) is 0. The molecule has 0 bridgehead atoms. The molecule has 2 aromatic rings. The van der Waals surface area contributed by atoms with Gasteiger partial charge in [-0.15, -0.1) is 0 Å². The second-order valence-corrected chi connectivity index (χ2v) is 4.87. The third-order valence-corrected chi connectivity index (χ3v) is 3.13. The van der Waals surface area contributed by atoms with Gasteiger partial charge in [0.25, 0.3) is 5.91 Å². The Balaban J connectivity index is 1.65. The second kappa shape index (κ2) is 4.87. The molecule has 1 fully saturated rings. The van der Waals surface area contributed by atoms with E-state index in [0.29, 0.717) is 17.4 Å². The van der Waals surface area contributed by atoms with Crippen LogP contribution in [0, 0.1) is 0 Å². The van der Waals surface area contributed by atoms with Gasteiger partial charge in [0.1, 0.15) is 5.76 Å². The van der Waals surface area contributed by atoms with Gasteiger partial charge in [0.15, 0.2) is 11.5 Å². The van der Waals surface area contributed by atoms with Gasteiger partial charge in [0.2, 0.25) is 0 Å². The largest absolute Gasteiger partial charge is 0.360 e. The predicted octanol–water partition coefficient (Wildman–Crippen LogP) is 2.48. The lowest BCUT2D eigenvalue weighted by atomic mass is 10.2. The van der Waals surface area contributed by atoms with Gasteiger partial charge in [-0.2, -0.15) is 5.10 Å². The van der Waals surface area contributed by atoms with Crippen LogP contribution < -0.4 is 5.32 Å². The first-order chi connectivity index (χ1) is 9.26. The Morgan fingerprint density at radius 1 is 1.53 bits per heavy atom. The molecule has 2 aromatic heterocycles. The zero-order valence-electron chi connectivity index (χ0n) is 10.8. The van der Waals surface area contributed by atoms with Gasteiger partial charge < -0.3 is 9.84 Å². The van der Waals surface area contributed by atoms with E-state index in [4.69, 9.17) is 4.52 Å². The first kappa shape index (κ1) is 12.0. The maximum absolute atomic E-state index is 12.0. The number of aromatic nitrogens is 3. The van der Waals surface area contributed by atoms with Crippen LogP contribution in [0.1, 0.15) is 54.0 Å². The van der Waals surface area contributed by atoms with Crippen LogP contribution in [0.4, 0.5) is 5.82 Å². The number of aromatic amines is 1. The molecule has 100 valence electrons. The molecule has 3 rings (SSSR count). The minimum atomic E-state index is -0.287. The number of anilines is 1. The molecule has 0 unspecified atom stereocenters. The van der Waals surface area contributed by atoms with Crippen molar-refractivity contribution in [2.24, 2.45) is 0 Å². The van der Waals surface area contributed by atoms with E-state index in [0.717, 1.165) is 37.1 Å². The third-order valence-electron chi connectivity index (χ3n) is 3.13. The maximum atomic E-state index is 12.0. The van der Waals surface area contributed by atoms with E-state index in [1.165, 1.54) is 0 Å². The summed E-state index contributed by atoms with van der Waals surface area (Å²) in [6.45, 7) is 2.09. The van der Waals surface area contributed by atoms with E-state index < -0.39 is 0 Å². The summed E-state index contributed by atoms with van der Waals surface area (Å²) in [6.07, 6.45) is 4.19. The normalized spacial score (nSPS) is 14.6. The molecule has 2 N–H and O–H groups in total. The van der Waals surface area contributed by atoms with Crippen LogP contribution in [0.2, 0.25) is 0 Å². The fraction of sp³-hybridized carbons (Fsp3) is 0.462. The molecule has 1 aliphatic carbocycles. The van der Waals surface area contributed by atoms with E-state index in [1.54, 1.807) is 6.07 Å². The molecule has 0 saturated heterocycles. The van der Waals surface area contributed by atoms with Gasteiger partial charge in [0, 0.05) is 23.7 Å². The quantitative estimate of drug-likeness (QED) is 0.865. The summed E-state index contributed by atoms with van der Waals surface area (Å²) in [5, 5.41) is 13.4. The number of carbonyl (C=O) groups is 1. The van der Waals surface area contributed by atoms with Gasteiger partial charge in [-0.3, -0.25) is 9.89 Å². The van der Waals surface area contributed by atoms with Gasteiger partial charge in [-0.05, 0) is 19.3 Å². The molecule has 0 spiro atoms. The second-order valence-electron chi connectivity index (χ2n) is 4.87. The topological polar surface area (TPSA) is 83.8 Å². The Hall–Kier alpha value is -2.11. The molecule has 0 atom stereocenters. The average molecular weight is 260 g/mol. The molecule has 6 heteroatoms. The van der Waals surface area contributed by atoms with E-state index in [9.17, 15) is 4.79 Å². The molecule has 0 aliphatic heterocycles. The Morgan fingerprint density at radius 2 is 2.37 bits per heavy atom. The number of aryl methyl sites for hydroxylation is 1. The number of nitrogens with zero attached hydrogens (tertiary/aromatic N) is 2. The van der Waals surface area contributed by atoms with Crippen LogP contribution in [0.5, 0.6) is 0 Å². The summed E-state index contributed by atoms with van der Waals surface area (Å²) in [4.78, 5) is 12.0. The first-order valence-electron chi connectivity index (χ1n) is 6.58. The fourth-order valence-corrected chi connectivity index (χ4v) is 1.96. The van der Waals surface area contributed by atoms with Crippen molar-refractivity contribution in [2.75, 3.05) is 5.32 Å². The number of amides is 1. The lowest BCUT2D eigenvalue weighted by molar-refractivity contribution is 0.101. The molecular formula is C13H16N4O2. The van der Waals surface area contributed by atoms with Crippen molar-refractivity contribution in [2.45, 2.75) is 38.5 Å². The summed E-state index contributed by atoms with van der Waals surface area (Å²) in [5.41, 5.74) is 1.32. The monoisotopic (exact) mass is 260 g/mol. The highest BCUT2D eigenvalue weighted by Crippen LogP contribution is 2.40. The van der Waals surface area contributed by atoms with Crippen LogP contribution in [-0.4, -0.2) is 21.3 Å². The molecule has 0 radical (unpaired) electrons. The maximum Gasteiger partial charge on any atom is 0.279 e. The zero-order chi connectivity index (χ0) is 13.2. The van der Waals surface area contributed by atoms with Gasteiger partial charge in [-0.25, -0.2) is 0 Å². The minimum absolute atomic E-state index is 0.287. The van der Waals surface area contributed by atoms with Crippen LogP contribution >= 0.6 is 0 Å². The molecule has 1 saturated carbocycles. The SMILES string of the molecule is CCCc1cc(NC(=O)c2cc(C3CC3)on2)n[nH]1. The van der Waals surface area contributed by atoms with Crippen molar-refractivity contribution in [3.63, 3.8) is 0 Å². The predicted molar refractivity (Wildman–Crippen MR) is 69.0 cm³/mol. The summed E-state index contributed by atoms with van der Waals surface area (Å²) in [5.74, 6) is 1.49. The number of carbonyl (C=O) groups excluding carboxylic acids is 1. The van der Waals surface area contributed by atoms with Crippen molar-refractivity contribution < 1.29 is 9.32 Å². The molecule has 1 aliphatic rings. The van der Waals surface area contributed by atoms with Gasteiger partial charge >= 0.3 is 0 Å². The van der Waals surface area contributed by atoms with E-state index in [1.807, 2.05) is 6.07 Å². The number of nitrogens with one attached hydrogen (secondary N) is 2. The highest BCUT2D eigenvalue weighted by atomic mass is 16.5. The smallest absolute Gasteiger partial charge is 0.279 e. The van der Waals surface area contributed by atoms with Crippen LogP contribution in [0.15, 0.2) is 16.7 Å². The van der Waals surface area contributed by atoms with E-state index in [2.05, 4.69) is 27.6 Å². The summed E-state index contributed by atoms with van der Waals surface area (Å²) >= 11 is 0. The van der Waals surface area contributed by atoms with Crippen molar-refractivity contribution >= 4 is 11.7 Å². The molecule has 6 nitrogen and oxygen atoms in total. The van der Waals surface area contributed by atoms with Crippen LogP contribution in [-0.2, 0) is 6.42 Å². The van der Waals surface area contributed by atoms with Crippen LogP contribution in [0.25, 0.3) is 0 Å². The first-order valence-corrected chi connectivity index (χ1v) is 6.58. The molecule has 1 amide bonds. The number of hydrogen-bond acceptors (Lipinski definition) is 4. The molecular weight excluding hydrogens is 244 g/mol. The number of hydrogen-bond donors (Lipinski definition) is 2. The Morgan fingerprint density at radius 3 is 3.11 bits per heavy atom. The highest BCUT2D eigenvalue weighted by molar-refractivity contribution is 6.02. The van der Waals surface area contributed by atoms with E-state index in [-0.39, 0.29) is 5.91 Å². The molecule has 0 aromatic carbocycles. The van der Waals surface area contributed by atoms with Crippen molar-refractivity contribution in [3.05, 3.63) is 29.3 Å². The summed E-state index contributed by atoms with van der Waals surface area (Å²) < 4.78 is 5.15. The van der Waals surface area contributed by atoms with Crippen molar-refractivity contribution in [1.82, 2.24) is 15.4 Å².